The van der Waals surface area contributed by atoms with E-state index in [4.69, 9.17) is 0 Å². The van der Waals surface area contributed by atoms with Gasteiger partial charge in [-0.2, -0.15) is 0 Å². The monoisotopic (exact) mass is 277 g/mol. The summed E-state index contributed by atoms with van der Waals surface area (Å²) in [6.45, 7) is 6.07. The molecule has 1 aromatic carbocycles. The topological polar surface area (TPSA) is 20.3 Å². The van der Waals surface area contributed by atoms with Crippen molar-refractivity contribution in [3.05, 3.63) is 35.6 Å². The number of hydrogen-bond donors (Lipinski definition) is 0. The number of carbonyl (C=O) groups excluding carboxylic acids is 1. The summed E-state index contributed by atoms with van der Waals surface area (Å²) in [5.74, 6) is 0.825. The zero-order valence-electron chi connectivity index (χ0n) is 12.4. The molecule has 20 heavy (non-hydrogen) atoms. The normalized spacial score (nSPS) is 20.8. The minimum absolute atomic E-state index is 0.195. The SMILES string of the molecule is CCC(CC(=O)N1CCCC(C)C1)c1ccc(F)cc1. The van der Waals surface area contributed by atoms with Crippen molar-refractivity contribution < 1.29 is 9.18 Å². The Morgan fingerprint density at radius 2 is 2.10 bits per heavy atom. The highest BCUT2D eigenvalue weighted by atomic mass is 19.1. The zero-order chi connectivity index (χ0) is 14.5. The minimum atomic E-state index is -0.222. The van der Waals surface area contributed by atoms with Gasteiger partial charge in [0.2, 0.25) is 5.91 Å². The van der Waals surface area contributed by atoms with E-state index in [1.54, 1.807) is 12.1 Å². The van der Waals surface area contributed by atoms with Crippen LogP contribution in [0.1, 0.15) is 51.0 Å². The van der Waals surface area contributed by atoms with Crippen LogP contribution in [0.15, 0.2) is 24.3 Å². The molecule has 0 bridgehead atoms. The van der Waals surface area contributed by atoms with Crippen molar-refractivity contribution >= 4 is 5.91 Å². The van der Waals surface area contributed by atoms with Gasteiger partial charge in [-0.15, -0.1) is 0 Å². The van der Waals surface area contributed by atoms with Gasteiger partial charge in [0.1, 0.15) is 5.82 Å². The number of piperidine rings is 1. The van der Waals surface area contributed by atoms with Gasteiger partial charge in [-0.25, -0.2) is 4.39 Å². The van der Waals surface area contributed by atoms with Gasteiger partial charge in [0.05, 0.1) is 0 Å². The van der Waals surface area contributed by atoms with Crippen molar-refractivity contribution in [2.75, 3.05) is 13.1 Å². The van der Waals surface area contributed by atoms with Gasteiger partial charge in [0, 0.05) is 19.5 Å². The Morgan fingerprint density at radius 1 is 1.40 bits per heavy atom. The molecule has 0 radical (unpaired) electrons. The van der Waals surface area contributed by atoms with Crippen LogP contribution in [0.3, 0.4) is 0 Å². The predicted molar refractivity (Wildman–Crippen MR) is 79.0 cm³/mol. The van der Waals surface area contributed by atoms with Crippen LogP contribution >= 0.6 is 0 Å². The molecule has 110 valence electrons. The lowest BCUT2D eigenvalue weighted by molar-refractivity contribution is -0.133. The van der Waals surface area contributed by atoms with Crippen LogP contribution in [-0.4, -0.2) is 23.9 Å². The van der Waals surface area contributed by atoms with Gasteiger partial charge >= 0.3 is 0 Å². The summed E-state index contributed by atoms with van der Waals surface area (Å²) in [6.07, 6.45) is 3.77. The number of benzene rings is 1. The fraction of sp³-hybridized carbons (Fsp3) is 0.588. The van der Waals surface area contributed by atoms with Gasteiger partial charge in [-0.1, -0.05) is 26.0 Å². The van der Waals surface area contributed by atoms with Crippen molar-refractivity contribution in [1.82, 2.24) is 4.90 Å². The molecule has 1 heterocycles. The number of hydrogen-bond acceptors (Lipinski definition) is 1. The summed E-state index contributed by atoms with van der Waals surface area (Å²) in [5, 5.41) is 0. The summed E-state index contributed by atoms with van der Waals surface area (Å²) < 4.78 is 13.0. The van der Waals surface area contributed by atoms with E-state index < -0.39 is 0 Å². The van der Waals surface area contributed by atoms with Crippen LogP contribution in [0.5, 0.6) is 0 Å². The van der Waals surface area contributed by atoms with Crippen LogP contribution < -0.4 is 0 Å². The molecule has 2 nitrogen and oxygen atoms in total. The number of rotatable bonds is 4. The second-order valence-corrected chi connectivity index (χ2v) is 5.95. The first-order valence-electron chi connectivity index (χ1n) is 7.63. The lowest BCUT2D eigenvalue weighted by Gasteiger charge is -2.32. The van der Waals surface area contributed by atoms with Gasteiger partial charge in [-0.3, -0.25) is 4.79 Å². The number of amides is 1. The van der Waals surface area contributed by atoms with Crippen molar-refractivity contribution in [3.63, 3.8) is 0 Å². The fourth-order valence-corrected chi connectivity index (χ4v) is 2.99. The van der Waals surface area contributed by atoms with Crippen LogP contribution in [0.25, 0.3) is 0 Å². The zero-order valence-corrected chi connectivity index (χ0v) is 12.4. The first kappa shape index (κ1) is 15.0. The first-order valence-corrected chi connectivity index (χ1v) is 7.63. The molecule has 0 spiro atoms. The van der Waals surface area contributed by atoms with Crippen LogP contribution in [-0.2, 0) is 4.79 Å². The van der Waals surface area contributed by atoms with Crippen molar-refractivity contribution in [2.45, 2.75) is 45.4 Å². The Labute approximate surface area is 121 Å². The molecule has 1 aromatic rings. The smallest absolute Gasteiger partial charge is 0.223 e. The van der Waals surface area contributed by atoms with Crippen LogP contribution in [0.2, 0.25) is 0 Å². The molecule has 0 aromatic heterocycles. The lowest BCUT2D eigenvalue weighted by atomic mass is 9.92. The summed E-state index contributed by atoms with van der Waals surface area (Å²) in [4.78, 5) is 14.4. The fourth-order valence-electron chi connectivity index (χ4n) is 2.99. The van der Waals surface area contributed by atoms with Crippen molar-refractivity contribution in [2.24, 2.45) is 5.92 Å². The molecular weight excluding hydrogens is 253 g/mol. The van der Waals surface area contributed by atoms with E-state index in [0.29, 0.717) is 12.3 Å². The van der Waals surface area contributed by atoms with E-state index in [-0.39, 0.29) is 17.6 Å². The van der Waals surface area contributed by atoms with Gasteiger partial charge in [0.25, 0.3) is 0 Å². The molecule has 0 aliphatic carbocycles. The summed E-state index contributed by atoms with van der Waals surface area (Å²) in [7, 11) is 0. The van der Waals surface area contributed by atoms with E-state index in [1.165, 1.54) is 18.6 Å². The summed E-state index contributed by atoms with van der Waals surface area (Å²) >= 11 is 0. The molecule has 1 aliphatic heterocycles. The average molecular weight is 277 g/mol. The van der Waals surface area contributed by atoms with E-state index in [1.807, 2.05) is 4.90 Å². The van der Waals surface area contributed by atoms with E-state index >= 15 is 0 Å². The maximum atomic E-state index is 13.0. The Hall–Kier alpha value is -1.38. The molecule has 1 aliphatic rings. The highest BCUT2D eigenvalue weighted by molar-refractivity contribution is 5.77. The number of halogens is 1. The Morgan fingerprint density at radius 3 is 2.70 bits per heavy atom. The summed E-state index contributed by atoms with van der Waals surface area (Å²) in [6, 6.07) is 6.56. The summed E-state index contributed by atoms with van der Waals surface area (Å²) in [5.41, 5.74) is 1.06. The quantitative estimate of drug-likeness (QED) is 0.815. The highest BCUT2D eigenvalue weighted by Crippen LogP contribution is 2.26. The molecule has 2 rings (SSSR count). The van der Waals surface area contributed by atoms with Gasteiger partial charge in [0.15, 0.2) is 0 Å². The van der Waals surface area contributed by atoms with E-state index in [2.05, 4.69) is 13.8 Å². The van der Waals surface area contributed by atoms with Crippen LogP contribution in [0, 0.1) is 11.7 Å². The van der Waals surface area contributed by atoms with Gasteiger partial charge in [-0.05, 0) is 48.8 Å². The standard InChI is InChI=1S/C17H24FNO/c1-3-14(15-6-8-16(18)9-7-15)11-17(20)19-10-4-5-13(2)12-19/h6-9,13-14H,3-5,10-12H2,1-2H3. The molecule has 0 saturated carbocycles. The second kappa shape index (κ2) is 6.87. The molecule has 2 unspecified atom stereocenters. The Balaban J connectivity index is 1.98. The predicted octanol–water partition coefficient (Wildman–Crippen LogP) is 3.97. The van der Waals surface area contributed by atoms with E-state index in [9.17, 15) is 9.18 Å². The largest absolute Gasteiger partial charge is 0.342 e. The first-order chi connectivity index (χ1) is 9.60. The Bertz CT molecular complexity index is 443. The molecule has 1 saturated heterocycles. The van der Waals surface area contributed by atoms with Crippen LogP contribution in [0.4, 0.5) is 4.39 Å². The van der Waals surface area contributed by atoms with Gasteiger partial charge < -0.3 is 4.90 Å². The maximum Gasteiger partial charge on any atom is 0.223 e. The highest BCUT2D eigenvalue weighted by Gasteiger charge is 2.23. The minimum Gasteiger partial charge on any atom is -0.342 e. The second-order valence-electron chi connectivity index (χ2n) is 5.95. The number of likely N-dealkylation sites (tertiary alicyclic amines) is 1. The molecule has 3 heteroatoms. The third kappa shape index (κ3) is 3.81. The molecule has 2 atom stereocenters. The molecule has 0 N–H and O–H groups in total. The third-order valence-electron chi connectivity index (χ3n) is 4.26. The Kier molecular flexibility index (Phi) is 5.16. The number of carbonyl (C=O) groups is 1. The van der Waals surface area contributed by atoms with E-state index in [0.717, 1.165) is 31.5 Å². The number of nitrogens with zero attached hydrogens (tertiary/aromatic N) is 1. The maximum absolute atomic E-state index is 13.0. The third-order valence-corrected chi connectivity index (χ3v) is 4.26. The van der Waals surface area contributed by atoms with Crippen molar-refractivity contribution in [1.29, 1.82) is 0 Å². The molecule has 1 amide bonds. The molecule has 1 fully saturated rings. The average Bonchev–Trinajstić information content (AvgIpc) is 2.45. The molecular formula is C17H24FNO. The van der Waals surface area contributed by atoms with Crippen molar-refractivity contribution in [3.8, 4) is 0 Å². The lowest BCUT2D eigenvalue weighted by Crippen LogP contribution is -2.39.